The number of aliphatic hydroxyl groups is 4. The van der Waals surface area contributed by atoms with E-state index in [1.54, 1.807) is 0 Å². The first-order chi connectivity index (χ1) is 11.7. The van der Waals surface area contributed by atoms with E-state index in [2.05, 4.69) is 5.29 Å². The number of nitrogens with one attached hydrogen (secondary N) is 1. The summed E-state index contributed by atoms with van der Waals surface area (Å²) in [7, 11) is 0. The fraction of sp³-hybridized carbons (Fsp3) is 0.923. The van der Waals surface area contributed by atoms with Gasteiger partial charge in [0.2, 0.25) is 0 Å². The van der Waals surface area contributed by atoms with Gasteiger partial charge in [0.05, 0.1) is 18.4 Å². The minimum Gasteiger partial charge on any atom is -0.387 e. The van der Waals surface area contributed by atoms with E-state index in [4.69, 9.17) is 21.1 Å². The molecule has 146 valence electrons. The van der Waals surface area contributed by atoms with Crippen molar-refractivity contribution in [2.75, 3.05) is 19.0 Å². The van der Waals surface area contributed by atoms with Crippen LogP contribution in [0.25, 0.3) is 0 Å². The van der Waals surface area contributed by atoms with Crippen LogP contribution in [0.5, 0.6) is 0 Å². The van der Waals surface area contributed by atoms with E-state index < -0.39 is 43.0 Å². The van der Waals surface area contributed by atoms with E-state index in [0.29, 0.717) is 5.01 Å². The van der Waals surface area contributed by atoms with Crippen LogP contribution >= 0.6 is 11.6 Å². The number of urea groups is 1. The van der Waals surface area contributed by atoms with Gasteiger partial charge in [0.1, 0.15) is 24.4 Å². The third-order valence-corrected chi connectivity index (χ3v) is 3.58. The van der Waals surface area contributed by atoms with Gasteiger partial charge in [0, 0.05) is 5.88 Å². The molecule has 1 aliphatic heterocycles. The molecule has 0 spiro atoms. The normalized spacial score (nSPS) is 30.8. The lowest BCUT2D eigenvalue weighted by Gasteiger charge is -2.42. The van der Waals surface area contributed by atoms with Gasteiger partial charge in [-0.1, -0.05) is 13.8 Å². The Bertz CT molecular complexity index is 443. The lowest BCUT2D eigenvalue weighted by Crippen LogP contribution is -2.64. The van der Waals surface area contributed by atoms with Crippen LogP contribution < -0.4 is 5.32 Å². The Hall–Kier alpha value is -1.08. The maximum Gasteiger partial charge on any atom is 0.342 e. The molecule has 5 N–H and O–H groups in total. The second kappa shape index (κ2) is 10.2. The second-order valence-corrected chi connectivity index (χ2v) is 6.33. The smallest absolute Gasteiger partial charge is 0.342 e. The number of nitroso groups, excluding NO2 is 1. The van der Waals surface area contributed by atoms with Crippen LogP contribution in [-0.4, -0.2) is 87.4 Å². The minimum atomic E-state index is -1.81. The van der Waals surface area contributed by atoms with Crippen molar-refractivity contribution in [3.05, 3.63) is 4.91 Å². The molecule has 2 amide bonds. The van der Waals surface area contributed by atoms with E-state index in [1.807, 2.05) is 19.2 Å². The molecule has 1 saturated heterocycles. The highest BCUT2D eigenvalue weighted by Crippen LogP contribution is 2.24. The van der Waals surface area contributed by atoms with E-state index in [1.165, 1.54) is 0 Å². The number of halogens is 1. The van der Waals surface area contributed by atoms with Crippen LogP contribution in [0.15, 0.2) is 5.29 Å². The number of alkyl halides is 1. The zero-order valence-electron chi connectivity index (χ0n) is 13.9. The van der Waals surface area contributed by atoms with Crippen LogP contribution in [0.4, 0.5) is 4.79 Å². The maximum absolute atomic E-state index is 11.8. The maximum atomic E-state index is 11.8. The summed E-state index contributed by atoms with van der Waals surface area (Å²) in [5.74, 6) is 0.0408. The fourth-order valence-corrected chi connectivity index (χ4v) is 2.26. The Morgan fingerprint density at radius 1 is 1.32 bits per heavy atom. The number of amides is 2. The molecular weight excluding hydrogens is 362 g/mol. The molecule has 0 aromatic rings. The zero-order valence-corrected chi connectivity index (χ0v) is 14.6. The molecule has 0 aromatic heterocycles. The highest BCUT2D eigenvalue weighted by Gasteiger charge is 2.47. The average Bonchev–Trinajstić information content (AvgIpc) is 2.56. The first kappa shape index (κ1) is 22.0. The summed E-state index contributed by atoms with van der Waals surface area (Å²) < 4.78 is 10.6. The molecule has 0 aliphatic carbocycles. The Morgan fingerprint density at radius 2 is 1.96 bits per heavy atom. The molecule has 1 rings (SSSR count). The average molecular weight is 386 g/mol. The summed E-state index contributed by atoms with van der Waals surface area (Å²) in [6.07, 6.45) is -9.57. The third kappa shape index (κ3) is 5.99. The van der Waals surface area contributed by atoms with Gasteiger partial charge in [0.25, 0.3) is 0 Å². The summed E-state index contributed by atoms with van der Waals surface area (Å²) in [5.41, 5.74) is 0. The van der Waals surface area contributed by atoms with Crippen molar-refractivity contribution >= 4 is 17.6 Å². The largest absolute Gasteiger partial charge is 0.387 e. The van der Waals surface area contributed by atoms with Gasteiger partial charge in [-0.2, -0.15) is 5.01 Å². The third-order valence-electron chi connectivity index (χ3n) is 3.41. The van der Waals surface area contributed by atoms with E-state index in [0.717, 1.165) is 0 Å². The molecule has 0 saturated carbocycles. The van der Waals surface area contributed by atoms with Crippen molar-refractivity contribution in [2.45, 2.75) is 50.8 Å². The van der Waals surface area contributed by atoms with Crippen LogP contribution in [0.1, 0.15) is 13.8 Å². The first-order valence-corrected chi connectivity index (χ1v) is 8.23. The summed E-state index contributed by atoms with van der Waals surface area (Å²) >= 11 is 5.42. The van der Waals surface area contributed by atoms with Crippen molar-refractivity contribution in [1.82, 2.24) is 10.3 Å². The number of carbonyl (C=O) groups excluding carboxylic acids is 1. The molecular formula is C13H24ClN3O8. The number of hydrogen-bond acceptors (Lipinski definition) is 9. The number of carbonyl (C=O) groups is 1. The van der Waals surface area contributed by atoms with Gasteiger partial charge in [-0.25, -0.2) is 4.79 Å². The Morgan fingerprint density at radius 3 is 2.48 bits per heavy atom. The molecule has 0 radical (unpaired) electrons. The quantitative estimate of drug-likeness (QED) is 0.149. The van der Waals surface area contributed by atoms with Crippen molar-refractivity contribution < 1.29 is 34.7 Å². The van der Waals surface area contributed by atoms with Crippen LogP contribution in [0.2, 0.25) is 0 Å². The number of nitrogens with zero attached hydrogens (tertiary/aromatic N) is 2. The predicted octanol–water partition coefficient (Wildman–Crippen LogP) is -1.28. The summed E-state index contributed by atoms with van der Waals surface area (Å²) in [6, 6.07) is -1.07. The zero-order chi connectivity index (χ0) is 19.1. The Labute approximate surface area is 149 Å². The van der Waals surface area contributed by atoms with Crippen molar-refractivity contribution in [3.8, 4) is 0 Å². The van der Waals surface area contributed by atoms with E-state index in [9.17, 15) is 30.1 Å². The van der Waals surface area contributed by atoms with E-state index >= 15 is 0 Å². The highest BCUT2D eigenvalue weighted by molar-refractivity contribution is 6.18. The van der Waals surface area contributed by atoms with Gasteiger partial charge in [-0.3, -0.25) is 0 Å². The number of aliphatic hydroxyl groups excluding tert-OH is 4. The summed E-state index contributed by atoms with van der Waals surface area (Å²) in [5, 5.41) is 44.7. The molecule has 11 nitrogen and oxygen atoms in total. The lowest BCUT2D eigenvalue weighted by atomic mass is 9.98. The Balaban J connectivity index is 2.75. The first-order valence-electron chi connectivity index (χ1n) is 7.69. The summed E-state index contributed by atoms with van der Waals surface area (Å²) in [4.78, 5) is 22.3. The molecule has 1 aliphatic rings. The molecule has 12 heteroatoms. The SMILES string of the molecule is CC(C)CO[C@H]1O[C@H](C(O)NC(=O)N(CCCl)N=O)[C@H](O)[C@H](O)[C@H]1O. The van der Waals surface area contributed by atoms with Gasteiger partial charge >= 0.3 is 6.03 Å². The van der Waals surface area contributed by atoms with Gasteiger partial charge < -0.3 is 35.2 Å². The van der Waals surface area contributed by atoms with Crippen LogP contribution in [-0.2, 0) is 9.47 Å². The van der Waals surface area contributed by atoms with Crippen LogP contribution in [0, 0.1) is 10.8 Å². The monoisotopic (exact) mass is 385 g/mol. The van der Waals surface area contributed by atoms with E-state index in [-0.39, 0.29) is 24.9 Å². The highest BCUT2D eigenvalue weighted by atomic mass is 35.5. The molecule has 1 unspecified atom stereocenters. The second-order valence-electron chi connectivity index (χ2n) is 5.96. The van der Waals surface area contributed by atoms with Gasteiger partial charge in [-0.05, 0) is 5.92 Å². The summed E-state index contributed by atoms with van der Waals surface area (Å²) in [6.45, 7) is 3.70. The van der Waals surface area contributed by atoms with Crippen molar-refractivity contribution in [1.29, 1.82) is 0 Å². The molecule has 6 atom stereocenters. The minimum absolute atomic E-state index is 0.0617. The number of rotatable bonds is 8. The fourth-order valence-electron chi connectivity index (χ4n) is 2.10. The van der Waals surface area contributed by atoms with Gasteiger partial charge in [-0.15, -0.1) is 16.5 Å². The number of hydrogen-bond donors (Lipinski definition) is 5. The predicted molar refractivity (Wildman–Crippen MR) is 85.2 cm³/mol. The van der Waals surface area contributed by atoms with Crippen molar-refractivity contribution in [2.24, 2.45) is 11.2 Å². The Kier molecular flexibility index (Phi) is 8.93. The molecule has 0 aromatic carbocycles. The van der Waals surface area contributed by atoms with Crippen molar-refractivity contribution in [3.63, 3.8) is 0 Å². The lowest BCUT2D eigenvalue weighted by molar-refractivity contribution is -0.312. The topological polar surface area (TPSA) is 161 Å². The van der Waals surface area contributed by atoms with Crippen LogP contribution in [0.3, 0.4) is 0 Å². The standard InChI is InChI=1S/C13H24ClN3O8/c1-6(2)5-24-12-9(20)7(18)8(19)10(25-12)11(21)15-13(22)17(16-23)4-3-14/h6-12,18-21H,3-5H2,1-2H3,(H,15,22)/t7-,8+,9+,10-,11?,12-/m0/s1. The molecule has 1 heterocycles. The molecule has 25 heavy (non-hydrogen) atoms. The molecule has 1 fully saturated rings. The molecule has 0 bridgehead atoms. The number of ether oxygens (including phenoxy) is 2. The van der Waals surface area contributed by atoms with Gasteiger partial charge in [0.15, 0.2) is 12.5 Å².